The van der Waals surface area contributed by atoms with Gasteiger partial charge < -0.3 is 23.7 Å². The lowest BCUT2D eigenvalue weighted by Crippen LogP contribution is -2.13. The summed E-state index contributed by atoms with van der Waals surface area (Å²) in [6, 6.07) is 9.24. The van der Waals surface area contributed by atoms with E-state index in [2.05, 4.69) is 0 Å². The van der Waals surface area contributed by atoms with E-state index >= 15 is 0 Å². The van der Waals surface area contributed by atoms with Crippen molar-refractivity contribution in [3.8, 4) is 23.0 Å². The predicted molar refractivity (Wildman–Crippen MR) is 102 cm³/mol. The first kappa shape index (κ1) is 22.4. The molecule has 0 saturated carbocycles. The van der Waals surface area contributed by atoms with Gasteiger partial charge in [-0.3, -0.25) is 14.4 Å². The van der Waals surface area contributed by atoms with Crippen LogP contribution in [0.15, 0.2) is 36.4 Å². The van der Waals surface area contributed by atoms with Crippen molar-refractivity contribution in [3.63, 3.8) is 0 Å². The van der Waals surface area contributed by atoms with Gasteiger partial charge in [0, 0.05) is 20.8 Å². The van der Waals surface area contributed by atoms with Crippen LogP contribution in [0.2, 0.25) is 0 Å². The average Bonchev–Trinajstić information content (AvgIpc) is 2.67. The highest BCUT2D eigenvalue weighted by molar-refractivity contribution is 5.92. The monoisotopic (exact) mass is 416 g/mol. The summed E-state index contributed by atoms with van der Waals surface area (Å²) in [4.78, 5) is 46.8. The zero-order chi connectivity index (χ0) is 22.3. The fourth-order valence-corrected chi connectivity index (χ4v) is 2.39. The van der Waals surface area contributed by atoms with Gasteiger partial charge >= 0.3 is 23.9 Å². The summed E-state index contributed by atoms with van der Waals surface area (Å²) in [6.07, 6.45) is 0. The predicted octanol–water partition coefficient (Wildman–Crippen LogP) is 2.83. The molecule has 2 aromatic carbocycles. The number of esters is 4. The van der Waals surface area contributed by atoms with Crippen molar-refractivity contribution in [1.29, 1.82) is 0 Å². The molecule has 0 aromatic heterocycles. The molecule has 0 heterocycles. The molecule has 158 valence electrons. The van der Waals surface area contributed by atoms with E-state index in [1.165, 1.54) is 7.11 Å². The Kier molecular flexibility index (Phi) is 7.51. The van der Waals surface area contributed by atoms with Crippen LogP contribution in [0.3, 0.4) is 0 Å². The zero-order valence-electron chi connectivity index (χ0n) is 16.8. The zero-order valence-corrected chi connectivity index (χ0v) is 16.8. The number of hydrogen-bond acceptors (Lipinski definition) is 9. The van der Waals surface area contributed by atoms with Gasteiger partial charge in [0.05, 0.1) is 12.7 Å². The van der Waals surface area contributed by atoms with Gasteiger partial charge in [-0.05, 0) is 29.8 Å². The van der Waals surface area contributed by atoms with Crippen LogP contribution in [0.1, 0.15) is 36.7 Å². The smallest absolute Gasteiger partial charge is 0.338 e. The summed E-state index contributed by atoms with van der Waals surface area (Å²) >= 11 is 0. The van der Waals surface area contributed by atoms with Gasteiger partial charge in [0.2, 0.25) is 5.75 Å². The number of rotatable bonds is 7. The van der Waals surface area contributed by atoms with E-state index in [4.69, 9.17) is 23.7 Å². The largest absolute Gasteiger partial charge is 0.497 e. The van der Waals surface area contributed by atoms with Crippen molar-refractivity contribution < 1.29 is 42.9 Å². The molecule has 2 aromatic rings. The van der Waals surface area contributed by atoms with E-state index in [1.807, 2.05) is 0 Å². The molecular weight excluding hydrogens is 396 g/mol. The van der Waals surface area contributed by atoms with E-state index in [9.17, 15) is 19.2 Å². The van der Waals surface area contributed by atoms with Crippen molar-refractivity contribution in [3.05, 3.63) is 47.5 Å². The quantitative estimate of drug-likeness (QED) is 0.496. The van der Waals surface area contributed by atoms with Gasteiger partial charge in [-0.25, -0.2) is 4.79 Å². The van der Waals surface area contributed by atoms with Gasteiger partial charge in [-0.15, -0.1) is 0 Å². The van der Waals surface area contributed by atoms with Crippen LogP contribution in [-0.2, 0) is 25.7 Å². The maximum absolute atomic E-state index is 12.5. The Labute approximate surface area is 172 Å². The SMILES string of the molecule is COc1cccc(COC(=O)c2cc(OC(C)=O)c(OC(C)=O)c(OC(C)=O)c2)c1. The molecule has 30 heavy (non-hydrogen) atoms. The highest BCUT2D eigenvalue weighted by Gasteiger charge is 2.23. The van der Waals surface area contributed by atoms with E-state index in [0.717, 1.165) is 32.9 Å². The van der Waals surface area contributed by atoms with Gasteiger partial charge in [-0.1, -0.05) is 12.1 Å². The number of ether oxygens (including phenoxy) is 5. The molecule has 9 heteroatoms. The third kappa shape index (κ3) is 6.33. The first-order valence-corrected chi connectivity index (χ1v) is 8.73. The van der Waals surface area contributed by atoms with Crippen LogP contribution in [0.5, 0.6) is 23.0 Å². The van der Waals surface area contributed by atoms with E-state index in [0.29, 0.717) is 11.3 Å². The van der Waals surface area contributed by atoms with Crippen LogP contribution in [0, 0.1) is 0 Å². The topological polar surface area (TPSA) is 114 Å². The fourth-order valence-electron chi connectivity index (χ4n) is 2.39. The molecule has 0 fully saturated rings. The minimum Gasteiger partial charge on any atom is -0.497 e. The Morgan fingerprint density at radius 3 is 1.87 bits per heavy atom. The molecule has 0 unspecified atom stereocenters. The first-order valence-electron chi connectivity index (χ1n) is 8.73. The molecule has 0 aliphatic carbocycles. The molecule has 9 nitrogen and oxygen atoms in total. The lowest BCUT2D eigenvalue weighted by Gasteiger charge is -2.15. The summed E-state index contributed by atoms with van der Waals surface area (Å²) in [5.74, 6) is -3.26. The summed E-state index contributed by atoms with van der Waals surface area (Å²) in [5, 5.41) is 0. The van der Waals surface area contributed by atoms with Crippen molar-refractivity contribution in [2.75, 3.05) is 7.11 Å². The number of hydrogen-bond donors (Lipinski definition) is 0. The van der Waals surface area contributed by atoms with Crippen molar-refractivity contribution in [1.82, 2.24) is 0 Å². The summed E-state index contributed by atoms with van der Waals surface area (Å²) in [5.41, 5.74) is 0.598. The molecule has 0 aliphatic rings. The fraction of sp³-hybridized carbons (Fsp3) is 0.238. The lowest BCUT2D eigenvalue weighted by atomic mass is 10.1. The number of carbonyl (C=O) groups excluding carboxylic acids is 4. The van der Waals surface area contributed by atoms with Gasteiger partial charge in [0.15, 0.2) is 11.5 Å². The molecular formula is C21H20O9. The molecule has 0 bridgehead atoms. The average molecular weight is 416 g/mol. The van der Waals surface area contributed by atoms with Gasteiger partial charge in [-0.2, -0.15) is 0 Å². The third-order valence-electron chi connectivity index (χ3n) is 3.51. The summed E-state index contributed by atoms with van der Waals surface area (Å²) in [7, 11) is 1.52. The standard InChI is InChI=1S/C21H20O9/c1-12(22)28-18-9-16(10-19(29-13(2)23)20(18)30-14(3)24)21(25)27-11-15-6-5-7-17(8-15)26-4/h5-10H,11H2,1-4H3. The van der Waals surface area contributed by atoms with Gasteiger partial charge in [0.25, 0.3) is 0 Å². The second-order valence-electron chi connectivity index (χ2n) is 6.01. The molecule has 0 saturated heterocycles. The number of carbonyl (C=O) groups is 4. The van der Waals surface area contributed by atoms with Crippen LogP contribution >= 0.6 is 0 Å². The second-order valence-corrected chi connectivity index (χ2v) is 6.01. The van der Waals surface area contributed by atoms with Crippen LogP contribution in [0.4, 0.5) is 0 Å². The lowest BCUT2D eigenvalue weighted by molar-refractivity contribution is -0.135. The number of methoxy groups -OCH3 is 1. The molecule has 0 N–H and O–H groups in total. The van der Waals surface area contributed by atoms with Crippen molar-refractivity contribution in [2.24, 2.45) is 0 Å². The Hall–Kier alpha value is -3.88. The Morgan fingerprint density at radius 2 is 1.37 bits per heavy atom. The summed E-state index contributed by atoms with van der Waals surface area (Å²) < 4.78 is 25.4. The molecule has 0 aliphatic heterocycles. The van der Waals surface area contributed by atoms with Crippen molar-refractivity contribution in [2.45, 2.75) is 27.4 Å². The minimum absolute atomic E-state index is 0.0620. The Morgan fingerprint density at radius 1 is 0.800 bits per heavy atom. The van der Waals surface area contributed by atoms with Crippen LogP contribution in [0.25, 0.3) is 0 Å². The third-order valence-corrected chi connectivity index (χ3v) is 3.51. The van der Waals surface area contributed by atoms with E-state index in [-0.39, 0.29) is 29.4 Å². The highest BCUT2D eigenvalue weighted by atomic mass is 16.6. The maximum atomic E-state index is 12.5. The minimum atomic E-state index is -0.783. The van der Waals surface area contributed by atoms with E-state index in [1.54, 1.807) is 24.3 Å². The Balaban J connectivity index is 2.36. The molecule has 0 amide bonds. The van der Waals surface area contributed by atoms with Crippen molar-refractivity contribution >= 4 is 23.9 Å². The molecule has 0 radical (unpaired) electrons. The van der Waals surface area contributed by atoms with Gasteiger partial charge in [0.1, 0.15) is 12.4 Å². The van der Waals surface area contributed by atoms with Crippen LogP contribution < -0.4 is 18.9 Å². The molecule has 0 atom stereocenters. The normalized spacial score (nSPS) is 10.0. The number of benzene rings is 2. The van der Waals surface area contributed by atoms with Crippen LogP contribution in [-0.4, -0.2) is 31.0 Å². The van der Waals surface area contributed by atoms with E-state index < -0.39 is 23.9 Å². The maximum Gasteiger partial charge on any atom is 0.338 e. The second kappa shape index (κ2) is 10.1. The first-order chi connectivity index (χ1) is 14.2. The molecule has 2 rings (SSSR count). The summed E-state index contributed by atoms with van der Waals surface area (Å²) in [6.45, 7) is 3.30. The highest BCUT2D eigenvalue weighted by Crippen LogP contribution is 2.39. The molecule has 0 spiro atoms. The Bertz CT molecular complexity index is 941.